The maximum Gasteiger partial charge on any atom is 0.148 e. The molecule has 0 saturated heterocycles. The Morgan fingerprint density at radius 1 is 1.46 bits per heavy atom. The van der Waals surface area contributed by atoms with Crippen LogP contribution in [0.1, 0.15) is 26.1 Å². The summed E-state index contributed by atoms with van der Waals surface area (Å²) in [4.78, 5) is 8.37. The lowest BCUT2D eigenvalue weighted by molar-refractivity contribution is 0.362. The molecule has 0 aromatic carbocycles. The quantitative estimate of drug-likeness (QED) is 0.809. The molecule has 1 unspecified atom stereocenters. The predicted molar refractivity (Wildman–Crippen MR) is 53.7 cm³/mol. The van der Waals surface area contributed by atoms with Gasteiger partial charge in [-0.05, 0) is 20.4 Å². The Hall–Kier alpha value is -0.670. The number of hydrogen-bond acceptors (Lipinski definition) is 3. The summed E-state index contributed by atoms with van der Waals surface area (Å²) in [5.74, 6) is 0.780. The second-order valence-electron chi connectivity index (χ2n) is 3.16. The lowest BCUT2D eigenvalue weighted by Gasteiger charge is -2.25. The number of aromatic nitrogens is 2. The van der Waals surface area contributed by atoms with Crippen molar-refractivity contribution in [3.8, 4) is 0 Å². The largest absolute Gasteiger partial charge is 0.308 e. The molecule has 1 aromatic rings. The Balaban J connectivity index is 2.99. The van der Waals surface area contributed by atoms with E-state index in [1.807, 2.05) is 7.05 Å². The summed E-state index contributed by atoms with van der Waals surface area (Å²) in [7, 11) is 1.90. The molecule has 4 heteroatoms. The van der Waals surface area contributed by atoms with E-state index < -0.39 is 0 Å². The van der Waals surface area contributed by atoms with Crippen molar-refractivity contribution < 1.29 is 0 Å². The Bertz CT molecular complexity index is 267. The molecule has 0 spiro atoms. The van der Waals surface area contributed by atoms with Crippen LogP contribution < -0.4 is 5.32 Å². The van der Waals surface area contributed by atoms with Crippen LogP contribution in [0, 0.1) is 0 Å². The first-order chi connectivity index (χ1) is 6.12. The maximum absolute atomic E-state index is 5.70. The highest BCUT2D eigenvalue weighted by atomic mass is 35.5. The predicted octanol–water partition coefficient (Wildman–Crippen LogP) is 1.97. The Morgan fingerprint density at radius 3 is 2.38 bits per heavy atom. The van der Waals surface area contributed by atoms with Crippen molar-refractivity contribution in [2.75, 3.05) is 7.05 Å². The first-order valence-corrected chi connectivity index (χ1v) is 4.67. The highest BCUT2D eigenvalue weighted by Crippen LogP contribution is 2.20. The normalized spacial score (nSPS) is 15.4. The van der Waals surface area contributed by atoms with Crippen LogP contribution in [0.4, 0.5) is 0 Å². The molecule has 0 radical (unpaired) electrons. The van der Waals surface area contributed by atoms with E-state index in [2.05, 4.69) is 29.1 Å². The third kappa shape index (κ3) is 2.17. The van der Waals surface area contributed by atoms with Crippen molar-refractivity contribution in [2.24, 2.45) is 0 Å². The van der Waals surface area contributed by atoms with Crippen molar-refractivity contribution in [1.29, 1.82) is 0 Å². The van der Waals surface area contributed by atoms with E-state index in [1.54, 1.807) is 12.4 Å². The Morgan fingerprint density at radius 2 is 2.00 bits per heavy atom. The van der Waals surface area contributed by atoms with Crippen LogP contribution in [0.5, 0.6) is 0 Å². The van der Waals surface area contributed by atoms with Gasteiger partial charge in [-0.1, -0.05) is 18.5 Å². The van der Waals surface area contributed by atoms with Gasteiger partial charge in [-0.25, -0.2) is 9.97 Å². The third-order valence-electron chi connectivity index (χ3n) is 2.37. The summed E-state index contributed by atoms with van der Waals surface area (Å²) in [5, 5.41) is 3.76. The smallest absolute Gasteiger partial charge is 0.148 e. The van der Waals surface area contributed by atoms with Crippen LogP contribution in [-0.4, -0.2) is 17.0 Å². The van der Waals surface area contributed by atoms with Gasteiger partial charge >= 0.3 is 0 Å². The van der Waals surface area contributed by atoms with Crippen molar-refractivity contribution in [3.63, 3.8) is 0 Å². The van der Waals surface area contributed by atoms with Crippen molar-refractivity contribution >= 4 is 11.6 Å². The van der Waals surface area contributed by atoms with Crippen LogP contribution in [-0.2, 0) is 5.54 Å². The van der Waals surface area contributed by atoms with Crippen LogP contribution in [0.15, 0.2) is 12.4 Å². The highest BCUT2D eigenvalue weighted by Gasteiger charge is 2.24. The van der Waals surface area contributed by atoms with E-state index in [9.17, 15) is 0 Å². The van der Waals surface area contributed by atoms with Gasteiger partial charge in [0.15, 0.2) is 0 Å². The molecule has 0 aliphatic rings. The second kappa shape index (κ2) is 4.03. The summed E-state index contributed by atoms with van der Waals surface area (Å²) in [5.41, 5.74) is -0.162. The van der Waals surface area contributed by atoms with Gasteiger partial charge in [0.2, 0.25) is 0 Å². The van der Waals surface area contributed by atoms with Crippen molar-refractivity contribution in [1.82, 2.24) is 15.3 Å². The molecule has 0 fully saturated rings. The molecule has 0 bridgehead atoms. The molecule has 1 N–H and O–H groups in total. The zero-order chi connectivity index (χ0) is 9.90. The standard InChI is InChI=1S/C9H14ClN3/c1-4-9(2,11-3)8-12-5-7(10)6-13-8/h5-6,11H,4H2,1-3H3. The summed E-state index contributed by atoms with van der Waals surface area (Å²) in [6.45, 7) is 4.16. The summed E-state index contributed by atoms with van der Waals surface area (Å²) in [6.07, 6.45) is 4.18. The molecule has 0 aliphatic carbocycles. The van der Waals surface area contributed by atoms with Gasteiger partial charge in [0.1, 0.15) is 5.82 Å². The minimum absolute atomic E-state index is 0.162. The average Bonchev–Trinajstić information content (AvgIpc) is 2.18. The van der Waals surface area contributed by atoms with Gasteiger partial charge in [0.25, 0.3) is 0 Å². The zero-order valence-corrected chi connectivity index (χ0v) is 8.89. The van der Waals surface area contributed by atoms with Crippen LogP contribution in [0.25, 0.3) is 0 Å². The fraction of sp³-hybridized carbons (Fsp3) is 0.556. The van der Waals surface area contributed by atoms with Gasteiger partial charge in [-0.2, -0.15) is 0 Å². The molecule has 0 saturated carbocycles. The number of hydrogen-bond donors (Lipinski definition) is 1. The van der Waals surface area contributed by atoms with E-state index in [0.717, 1.165) is 12.2 Å². The second-order valence-corrected chi connectivity index (χ2v) is 3.60. The number of halogens is 1. The average molecular weight is 200 g/mol. The van der Waals surface area contributed by atoms with Gasteiger partial charge in [0.05, 0.1) is 10.6 Å². The molecule has 1 atom stereocenters. The molecule has 0 aliphatic heterocycles. The molecular formula is C9H14ClN3. The number of nitrogens with one attached hydrogen (secondary N) is 1. The van der Waals surface area contributed by atoms with Gasteiger partial charge in [0, 0.05) is 12.4 Å². The highest BCUT2D eigenvalue weighted by molar-refractivity contribution is 6.30. The zero-order valence-electron chi connectivity index (χ0n) is 8.13. The minimum Gasteiger partial charge on any atom is -0.308 e. The van der Waals surface area contributed by atoms with E-state index in [0.29, 0.717) is 5.02 Å². The van der Waals surface area contributed by atoms with Gasteiger partial charge in [-0.15, -0.1) is 0 Å². The molecule has 72 valence electrons. The third-order valence-corrected chi connectivity index (χ3v) is 2.57. The van der Waals surface area contributed by atoms with Crippen molar-refractivity contribution in [2.45, 2.75) is 25.8 Å². The van der Waals surface area contributed by atoms with Crippen LogP contribution in [0.2, 0.25) is 5.02 Å². The molecular weight excluding hydrogens is 186 g/mol. The molecule has 1 aromatic heterocycles. The lowest BCUT2D eigenvalue weighted by atomic mass is 9.98. The van der Waals surface area contributed by atoms with Crippen LogP contribution >= 0.6 is 11.6 Å². The van der Waals surface area contributed by atoms with E-state index in [1.165, 1.54) is 0 Å². The molecule has 1 rings (SSSR count). The van der Waals surface area contributed by atoms with Crippen LogP contribution in [0.3, 0.4) is 0 Å². The van der Waals surface area contributed by atoms with Crippen molar-refractivity contribution in [3.05, 3.63) is 23.2 Å². The summed E-state index contributed by atoms with van der Waals surface area (Å²) < 4.78 is 0. The van der Waals surface area contributed by atoms with Gasteiger partial charge < -0.3 is 5.32 Å². The lowest BCUT2D eigenvalue weighted by Crippen LogP contribution is -2.37. The fourth-order valence-electron chi connectivity index (χ4n) is 1.04. The number of rotatable bonds is 3. The molecule has 0 amide bonds. The summed E-state index contributed by atoms with van der Waals surface area (Å²) in [6, 6.07) is 0. The minimum atomic E-state index is -0.162. The van der Waals surface area contributed by atoms with Gasteiger partial charge in [-0.3, -0.25) is 0 Å². The first-order valence-electron chi connectivity index (χ1n) is 4.29. The van der Waals surface area contributed by atoms with E-state index in [4.69, 9.17) is 11.6 Å². The first kappa shape index (κ1) is 10.4. The molecule has 13 heavy (non-hydrogen) atoms. The van der Waals surface area contributed by atoms with E-state index in [-0.39, 0.29) is 5.54 Å². The fourth-order valence-corrected chi connectivity index (χ4v) is 1.14. The monoisotopic (exact) mass is 199 g/mol. The Kier molecular flexibility index (Phi) is 3.22. The van der Waals surface area contributed by atoms with E-state index >= 15 is 0 Å². The SMILES string of the molecule is CCC(C)(NC)c1ncc(Cl)cn1. The summed E-state index contributed by atoms with van der Waals surface area (Å²) >= 11 is 5.70. The molecule has 1 heterocycles. The maximum atomic E-state index is 5.70. The number of nitrogens with zero attached hydrogens (tertiary/aromatic N) is 2. The topological polar surface area (TPSA) is 37.8 Å². The Labute approximate surface area is 83.5 Å². The molecule has 3 nitrogen and oxygen atoms in total.